The van der Waals surface area contributed by atoms with E-state index in [1.165, 1.54) is 12.1 Å². The summed E-state index contributed by atoms with van der Waals surface area (Å²) in [5.41, 5.74) is -3.33. The van der Waals surface area contributed by atoms with Crippen molar-refractivity contribution >= 4 is 29.4 Å². The van der Waals surface area contributed by atoms with Crippen LogP contribution < -0.4 is 11.2 Å². The maximum atomic E-state index is 13.1. The fraction of sp³-hybridized carbons (Fsp3) is 0.389. The zero-order valence-corrected chi connectivity index (χ0v) is 18.9. The van der Waals surface area contributed by atoms with Gasteiger partial charge in [0.25, 0.3) is 5.56 Å². The van der Waals surface area contributed by atoms with Crippen molar-refractivity contribution < 1.29 is 27.5 Å². The lowest BCUT2D eigenvalue weighted by molar-refractivity contribution is -0.144. The second kappa shape index (κ2) is 8.56. The summed E-state index contributed by atoms with van der Waals surface area (Å²) < 4.78 is 58.2. The fourth-order valence-corrected chi connectivity index (χ4v) is 5.40. The molecule has 2 aromatic heterocycles. The van der Waals surface area contributed by atoms with Gasteiger partial charge in [0.15, 0.2) is 0 Å². The Balaban J connectivity index is 2.23. The molecule has 0 aliphatic rings. The SMILES string of the molecule is CCC(c1nsc2ccc(-n3c(=O)cc(C(F)(F)F)n(C)c3=O)cc12)N(CC)P(=O)(O)O. The van der Waals surface area contributed by atoms with Crippen LogP contribution in [0.5, 0.6) is 0 Å². The summed E-state index contributed by atoms with van der Waals surface area (Å²) in [6, 6.07) is 3.97. The molecule has 32 heavy (non-hydrogen) atoms. The van der Waals surface area contributed by atoms with E-state index in [1.807, 2.05) is 0 Å². The second-order valence-corrected chi connectivity index (χ2v) is 9.33. The zero-order chi connectivity index (χ0) is 24.0. The van der Waals surface area contributed by atoms with E-state index >= 15 is 0 Å². The maximum Gasteiger partial charge on any atom is 0.431 e. The summed E-state index contributed by atoms with van der Waals surface area (Å²) in [7, 11) is -3.68. The molecular weight excluding hydrogens is 472 g/mol. The van der Waals surface area contributed by atoms with Crippen LogP contribution in [-0.4, -0.2) is 34.5 Å². The summed E-state index contributed by atoms with van der Waals surface area (Å²) in [6.07, 6.45) is -4.56. The number of fused-ring (bicyclic) bond motifs is 1. The van der Waals surface area contributed by atoms with Crippen molar-refractivity contribution in [3.8, 4) is 5.69 Å². The van der Waals surface area contributed by atoms with Crippen molar-refractivity contribution in [1.29, 1.82) is 0 Å². The standard InChI is InChI=1S/C18H20F3N4O5PS/c1-4-12(24(5-2)31(28,29)30)16-11-8-10(6-7-13(11)32-22-16)25-15(26)9-14(18(19,20)21)23(3)17(25)27/h6-9,12H,4-5H2,1-3H3,(H2,28,29,30). The minimum absolute atomic E-state index is 0.0207. The molecule has 0 saturated heterocycles. The number of hydrogen-bond donors (Lipinski definition) is 2. The van der Waals surface area contributed by atoms with Crippen LogP contribution in [0.25, 0.3) is 15.8 Å². The number of hydrogen-bond acceptors (Lipinski definition) is 5. The highest BCUT2D eigenvalue weighted by atomic mass is 32.1. The molecule has 0 bridgehead atoms. The molecule has 1 atom stereocenters. The average molecular weight is 492 g/mol. The Morgan fingerprint density at radius 2 is 1.88 bits per heavy atom. The van der Waals surface area contributed by atoms with Crippen LogP contribution in [0.3, 0.4) is 0 Å². The van der Waals surface area contributed by atoms with Crippen molar-refractivity contribution in [2.24, 2.45) is 7.05 Å². The van der Waals surface area contributed by atoms with Crippen LogP contribution in [0.1, 0.15) is 37.7 Å². The number of nitrogens with zero attached hydrogens (tertiary/aromatic N) is 4. The summed E-state index contributed by atoms with van der Waals surface area (Å²) in [4.78, 5) is 44.4. The molecular formula is C18H20F3N4O5PS. The van der Waals surface area contributed by atoms with Gasteiger partial charge in [0.05, 0.1) is 22.1 Å². The maximum absolute atomic E-state index is 13.1. The summed E-state index contributed by atoms with van der Waals surface area (Å²) in [6.45, 7) is 3.36. The predicted molar refractivity (Wildman–Crippen MR) is 113 cm³/mol. The van der Waals surface area contributed by atoms with Gasteiger partial charge in [-0.2, -0.15) is 17.5 Å². The van der Waals surface area contributed by atoms with Crippen LogP contribution in [0.2, 0.25) is 0 Å². The highest BCUT2D eigenvalue weighted by molar-refractivity contribution is 7.49. The van der Waals surface area contributed by atoms with Crippen LogP contribution >= 0.6 is 19.3 Å². The molecule has 0 aliphatic heterocycles. The first-order chi connectivity index (χ1) is 14.8. The van der Waals surface area contributed by atoms with Gasteiger partial charge >= 0.3 is 19.6 Å². The molecule has 0 radical (unpaired) electrons. The van der Waals surface area contributed by atoms with E-state index in [9.17, 15) is 37.1 Å². The second-order valence-electron chi connectivity index (χ2n) is 6.98. The zero-order valence-electron chi connectivity index (χ0n) is 17.2. The largest absolute Gasteiger partial charge is 0.431 e. The third-order valence-corrected chi connectivity index (χ3v) is 7.14. The number of aromatic nitrogens is 3. The highest BCUT2D eigenvalue weighted by Gasteiger charge is 2.36. The molecule has 9 nitrogen and oxygen atoms in total. The number of halogens is 3. The van der Waals surface area contributed by atoms with E-state index in [0.29, 0.717) is 37.4 Å². The Kier molecular flexibility index (Phi) is 6.51. The van der Waals surface area contributed by atoms with Gasteiger partial charge in [0.1, 0.15) is 5.69 Å². The monoisotopic (exact) mass is 492 g/mol. The summed E-state index contributed by atoms with van der Waals surface area (Å²) >= 11 is 1.07. The first kappa shape index (κ1) is 24.3. The molecule has 3 rings (SSSR count). The van der Waals surface area contributed by atoms with Gasteiger partial charge in [-0.05, 0) is 36.2 Å². The van der Waals surface area contributed by atoms with Crippen LogP contribution in [0, 0.1) is 0 Å². The van der Waals surface area contributed by atoms with Gasteiger partial charge in [-0.1, -0.05) is 13.8 Å². The lowest BCUT2D eigenvalue weighted by Gasteiger charge is -2.29. The third kappa shape index (κ3) is 4.30. The molecule has 0 aliphatic carbocycles. The quantitative estimate of drug-likeness (QED) is 0.508. The molecule has 1 unspecified atom stereocenters. The minimum atomic E-state index is -4.87. The number of rotatable bonds is 6. The first-order valence-electron chi connectivity index (χ1n) is 9.43. The van der Waals surface area contributed by atoms with Crippen LogP contribution in [0.4, 0.5) is 13.2 Å². The van der Waals surface area contributed by atoms with Crippen molar-refractivity contribution in [3.63, 3.8) is 0 Å². The minimum Gasteiger partial charge on any atom is -0.312 e. The van der Waals surface area contributed by atoms with Gasteiger partial charge in [-0.25, -0.2) is 18.6 Å². The lowest BCUT2D eigenvalue weighted by atomic mass is 10.1. The lowest BCUT2D eigenvalue weighted by Crippen LogP contribution is -2.40. The molecule has 0 fully saturated rings. The van der Waals surface area contributed by atoms with Crippen molar-refractivity contribution in [1.82, 2.24) is 18.2 Å². The van der Waals surface area contributed by atoms with Gasteiger partial charge < -0.3 is 9.79 Å². The van der Waals surface area contributed by atoms with E-state index in [-0.39, 0.29) is 12.2 Å². The topological polar surface area (TPSA) is 118 Å². The molecule has 1 aromatic carbocycles. The highest BCUT2D eigenvalue weighted by Crippen LogP contribution is 2.48. The van der Waals surface area contributed by atoms with Crippen molar-refractivity contribution in [3.05, 3.63) is 56.5 Å². The van der Waals surface area contributed by atoms with Gasteiger partial charge in [-0.15, -0.1) is 0 Å². The predicted octanol–water partition coefficient (Wildman–Crippen LogP) is 3.03. The van der Waals surface area contributed by atoms with Crippen molar-refractivity contribution in [2.45, 2.75) is 32.5 Å². The molecule has 14 heteroatoms. The van der Waals surface area contributed by atoms with Crippen LogP contribution in [0.15, 0.2) is 33.9 Å². The van der Waals surface area contributed by atoms with Crippen molar-refractivity contribution in [2.75, 3.05) is 6.54 Å². The van der Waals surface area contributed by atoms with Crippen LogP contribution in [-0.2, 0) is 17.8 Å². The Bertz CT molecular complexity index is 1330. The Morgan fingerprint density at radius 3 is 2.41 bits per heavy atom. The molecule has 0 amide bonds. The van der Waals surface area contributed by atoms with Gasteiger partial charge in [-0.3, -0.25) is 9.36 Å². The fourth-order valence-electron chi connectivity index (χ4n) is 3.59. The van der Waals surface area contributed by atoms with Gasteiger partial charge in [0, 0.05) is 25.0 Å². The molecule has 174 valence electrons. The normalized spacial score (nSPS) is 13.8. The Hall–Kier alpha value is -2.31. The molecule has 0 spiro atoms. The van der Waals surface area contributed by atoms with E-state index in [1.54, 1.807) is 19.9 Å². The molecule has 0 saturated carbocycles. The number of benzene rings is 1. The first-order valence-corrected chi connectivity index (χ1v) is 11.8. The molecule has 3 aromatic rings. The summed E-state index contributed by atoms with van der Waals surface area (Å²) in [5, 5.41) is 0.445. The van der Waals surface area contributed by atoms with E-state index < -0.39 is 36.9 Å². The van der Waals surface area contributed by atoms with E-state index in [2.05, 4.69) is 4.37 Å². The summed E-state index contributed by atoms with van der Waals surface area (Å²) in [5.74, 6) is 0. The van der Waals surface area contributed by atoms with Gasteiger partial charge in [0.2, 0.25) is 0 Å². The Labute approximate surface area is 183 Å². The molecule has 2 heterocycles. The smallest absolute Gasteiger partial charge is 0.312 e. The third-order valence-electron chi connectivity index (χ3n) is 5.07. The van der Waals surface area contributed by atoms with E-state index in [0.717, 1.165) is 23.3 Å². The number of alkyl halides is 3. The molecule has 2 N–H and O–H groups in total. The van der Waals surface area contributed by atoms with E-state index in [4.69, 9.17) is 0 Å². The Morgan fingerprint density at radius 1 is 1.22 bits per heavy atom. The average Bonchev–Trinajstić information content (AvgIpc) is 3.10.